The molecule has 1 rings (SSSR count). The number of guanidine groups is 2. The van der Waals surface area contributed by atoms with Crippen LogP contribution >= 0.6 is 0 Å². The molecule has 1 aromatic rings. The molecule has 0 radical (unpaired) electrons. The Morgan fingerprint density at radius 3 is 2.19 bits per heavy atom. The molecule has 0 saturated heterocycles. The summed E-state index contributed by atoms with van der Waals surface area (Å²) in [7, 11) is 3.59. The van der Waals surface area contributed by atoms with E-state index in [1.165, 1.54) is 5.56 Å². The molecule has 0 amide bonds. The number of benzene rings is 1. The average Bonchev–Trinajstić information content (AvgIpc) is 2.59. The van der Waals surface area contributed by atoms with Gasteiger partial charge < -0.3 is 21.5 Å². The fourth-order valence-corrected chi connectivity index (χ4v) is 2.37. The number of unbranched alkanes of at least 4 members (excludes halogenated alkanes) is 4. The van der Waals surface area contributed by atoms with E-state index in [4.69, 9.17) is 16.6 Å². The van der Waals surface area contributed by atoms with E-state index in [-0.39, 0.29) is 12.4 Å². The molecule has 0 spiro atoms. The standard InChI is InChI=1S/C19H31N5O2/c1-24(2)19(21)23-18(20)22-14-16-12-10-15(11-13-16)8-6-4-3-5-7-9-17(25)26/h10-13H,3-9,14H2,1-2H3,(H,25,26)(H4,20,21,22,23). The first-order valence-corrected chi connectivity index (χ1v) is 8.99. The number of aliphatic carboxylic acids is 1. The van der Waals surface area contributed by atoms with E-state index in [0.717, 1.165) is 44.1 Å². The Hall–Kier alpha value is -2.57. The molecule has 0 fully saturated rings. The first-order valence-electron chi connectivity index (χ1n) is 8.99. The van der Waals surface area contributed by atoms with Gasteiger partial charge in [0.15, 0.2) is 5.96 Å². The lowest BCUT2D eigenvalue weighted by molar-refractivity contribution is -0.137. The van der Waals surface area contributed by atoms with Crippen LogP contribution in [0.2, 0.25) is 0 Å². The third kappa shape index (κ3) is 9.66. The topological polar surface area (TPSA) is 117 Å². The summed E-state index contributed by atoms with van der Waals surface area (Å²) in [6.07, 6.45) is 6.43. The van der Waals surface area contributed by atoms with Crippen LogP contribution in [0.15, 0.2) is 34.3 Å². The Labute approximate surface area is 155 Å². The lowest BCUT2D eigenvalue weighted by Crippen LogP contribution is -2.32. The van der Waals surface area contributed by atoms with Crippen molar-refractivity contribution in [1.82, 2.24) is 4.90 Å². The molecule has 7 heteroatoms. The van der Waals surface area contributed by atoms with E-state index in [1.54, 1.807) is 19.0 Å². The van der Waals surface area contributed by atoms with Gasteiger partial charge >= 0.3 is 5.97 Å². The van der Waals surface area contributed by atoms with Crippen molar-refractivity contribution < 1.29 is 9.90 Å². The Balaban J connectivity index is 2.31. The van der Waals surface area contributed by atoms with Crippen molar-refractivity contribution in [1.29, 1.82) is 0 Å². The van der Waals surface area contributed by atoms with E-state index < -0.39 is 5.97 Å². The first kappa shape index (κ1) is 21.5. The third-order valence-electron chi connectivity index (χ3n) is 3.99. The molecule has 0 aliphatic rings. The summed E-state index contributed by atoms with van der Waals surface area (Å²) in [5.41, 5.74) is 13.8. The van der Waals surface area contributed by atoms with Crippen LogP contribution in [0.3, 0.4) is 0 Å². The zero-order valence-corrected chi connectivity index (χ0v) is 15.8. The SMILES string of the molecule is CN(C)C(N)=NC(N)=NCc1ccc(CCCCCCCC(=O)O)cc1. The summed E-state index contributed by atoms with van der Waals surface area (Å²) in [4.78, 5) is 20.3. The number of aliphatic imine (C=N–C) groups is 2. The predicted octanol–water partition coefficient (Wildman–Crippen LogP) is 2.35. The highest BCUT2D eigenvalue weighted by molar-refractivity contribution is 5.93. The van der Waals surface area contributed by atoms with Gasteiger partial charge in [-0.1, -0.05) is 43.5 Å². The highest BCUT2D eigenvalue weighted by atomic mass is 16.4. The van der Waals surface area contributed by atoms with Crippen molar-refractivity contribution in [2.45, 2.75) is 51.5 Å². The number of nitrogens with zero attached hydrogens (tertiary/aromatic N) is 3. The van der Waals surface area contributed by atoms with Crippen LogP contribution < -0.4 is 11.5 Å². The molecule has 7 nitrogen and oxygen atoms in total. The van der Waals surface area contributed by atoms with Crippen LogP contribution in [0.5, 0.6) is 0 Å². The molecule has 1 aromatic carbocycles. The van der Waals surface area contributed by atoms with Gasteiger partial charge in [-0.15, -0.1) is 0 Å². The number of rotatable bonds is 10. The van der Waals surface area contributed by atoms with Gasteiger partial charge in [0.25, 0.3) is 0 Å². The van der Waals surface area contributed by atoms with Crippen LogP contribution in [0.1, 0.15) is 49.7 Å². The monoisotopic (exact) mass is 361 g/mol. The summed E-state index contributed by atoms with van der Waals surface area (Å²) < 4.78 is 0. The largest absolute Gasteiger partial charge is 0.481 e. The summed E-state index contributed by atoms with van der Waals surface area (Å²) in [6.45, 7) is 0.472. The smallest absolute Gasteiger partial charge is 0.303 e. The maximum absolute atomic E-state index is 10.4. The van der Waals surface area contributed by atoms with Gasteiger partial charge in [0.05, 0.1) is 6.54 Å². The van der Waals surface area contributed by atoms with E-state index in [1.807, 2.05) is 0 Å². The van der Waals surface area contributed by atoms with Gasteiger partial charge in [0, 0.05) is 20.5 Å². The summed E-state index contributed by atoms with van der Waals surface area (Å²) >= 11 is 0. The summed E-state index contributed by atoms with van der Waals surface area (Å²) in [6, 6.07) is 8.34. The van der Waals surface area contributed by atoms with Crippen molar-refractivity contribution in [3.05, 3.63) is 35.4 Å². The quantitative estimate of drug-likeness (QED) is 0.336. The molecular weight excluding hydrogens is 330 g/mol. The third-order valence-corrected chi connectivity index (χ3v) is 3.99. The van der Waals surface area contributed by atoms with Gasteiger partial charge in [-0.25, -0.2) is 4.99 Å². The molecular formula is C19H31N5O2. The van der Waals surface area contributed by atoms with Crippen molar-refractivity contribution >= 4 is 17.9 Å². The second-order valence-electron chi connectivity index (χ2n) is 6.52. The van der Waals surface area contributed by atoms with Gasteiger partial charge in [0.1, 0.15) is 0 Å². The minimum absolute atomic E-state index is 0.170. The van der Waals surface area contributed by atoms with Crippen molar-refractivity contribution in [3.63, 3.8) is 0 Å². The van der Waals surface area contributed by atoms with Gasteiger partial charge in [-0.3, -0.25) is 4.79 Å². The van der Waals surface area contributed by atoms with Crippen LogP contribution in [0.4, 0.5) is 0 Å². The fourth-order valence-electron chi connectivity index (χ4n) is 2.37. The lowest BCUT2D eigenvalue weighted by atomic mass is 10.0. The number of nitrogens with two attached hydrogens (primary N) is 2. The van der Waals surface area contributed by atoms with Crippen LogP contribution in [-0.2, 0) is 17.8 Å². The molecule has 0 aliphatic carbocycles. The average molecular weight is 361 g/mol. The van der Waals surface area contributed by atoms with Gasteiger partial charge in [-0.05, 0) is 30.4 Å². The normalized spacial score (nSPS) is 12.2. The summed E-state index contributed by atoms with van der Waals surface area (Å²) in [5, 5.41) is 8.59. The van der Waals surface area contributed by atoms with Crippen molar-refractivity contribution in [3.8, 4) is 0 Å². The number of hydrogen-bond donors (Lipinski definition) is 3. The van der Waals surface area contributed by atoms with E-state index in [9.17, 15) is 4.79 Å². The number of carboxylic acid groups (broad SMARTS) is 1. The highest BCUT2D eigenvalue weighted by Crippen LogP contribution is 2.11. The maximum atomic E-state index is 10.4. The molecule has 0 heterocycles. The molecule has 0 aliphatic heterocycles. The zero-order chi connectivity index (χ0) is 19.4. The van der Waals surface area contributed by atoms with Crippen LogP contribution in [-0.4, -0.2) is 42.0 Å². The zero-order valence-electron chi connectivity index (χ0n) is 15.8. The van der Waals surface area contributed by atoms with Crippen LogP contribution in [0.25, 0.3) is 0 Å². The number of carbonyl (C=O) groups is 1. The van der Waals surface area contributed by atoms with Crippen molar-refractivity contribution in [2.75, 3.05) is 14.1 Å². The molecule has 144 valence electrons. The molecule has 0 bridgehead atoms. The minimum atomic E-state index is -0.704. The highest BCUT2D eigenvalue weighted by Gasteiger charge is 1.99. The molecule has 0 aromatic heterocycles. The molecule has 0 saturated carbocycles. The van der Waals surface area contributed by atoms with E-state index in [0.29, 0.717) is 12.5 Å². The second kappa shape index (κ2) is 11.9. The number of aryl methyl sites for hydroxylation is 1. The van der Waals surface area contributed by atoms with Crippen molar-refractivity contribution in [2.24, 2.45) is 21.5 Å². The Morgan fingerprint density at radius 1 is 1.00 bits per heavy atom. The van der Waals surface area contributed by atoms with E-state index >= 15 is 0 Å². The number of hydrogen-bond acceptors (Lipinski definition) is 2. The Kier molecular flexibility index (Phi) is 9.82. The molecule has 26 heavy (non-hydrogen) atoms. The number of carboxylic acids is 1. The van der Waals surface area contributed by atoms with Crippen LogP contribution in [0, 0.1) is 0 Å². The minimum Gasteiger partial charge on any atom is -0.481 e. The Bertz CT molecular complexity index is 609. The molecule has 0 atom stereocenters. The summed E-state index contributed by atoms with van der Waals surface area (Å²) in [5.74, 6) is -0.211. The lowest BCUT2D eigenvalue weighted by Gasteiger charge is -2.09. The van der Waals surface area contributed by atoms with Gasteiger partial charge in [-0.2, -0.15) is 4.99 Å². The second-order valence-corrected chi connectivity index (χ2v) is 6.52. The fraction of sp³-hybridized carbons (Fsp3) is 0.526. The Morgan fingerprint density at radius 2 is 1.58 bits per heavy atom. The van der Waals surface area contributed by atoms with Gasteiger partial charge in [0.2, 0.25) is 5.96 Å². The van der Waals surface area contributed by atoms with E-state index in [2.05, 4.69) is 34.3 Å². The molecule has 0 unspecified atom stereocenters. The first-order chi connectivity index (χ1) is 12.4. The molecule has 5 N–H and O–H groups in total. The predicted molar refractivity (Wildman–Crippen MR) is 106 cm³/mol. The maximum Gasteiger partial charge on any atom is 0.303 e.